The van der Waals surface area contributed by atoms with Crippen LogP contribution in [0, 0.1) is 6.92 Å². The van der Waals surface area contributed by atoms with Crippen LogP contribution >= 0.6 is 0 Å². The van der Waals surface area contributed by atoms with Crippen LogP contribution in [0.25, 0.3) is 0 Å². The van der Waals surface area contributed by atoms with E-state index in [-0.39, 0.29) is 25.0 Å². The third-order valence-corrected chi connectivity index (χ3v) is 4.15. The van der Waals surface area contributed by atoms with Gasteiger partial charge in [0.15, 0.2) is 13.2 Å². The first-order valence-electron chi connectivity index (χ1n) is 8.53. The van der Waals surface area contributed by atoms with Crippen molar-refractivity contribution in [2.75, 3.05) is 23.8 Å². The minimum Gasteiger partial charge on any atom is -0.484 e. The smallest absolute Gasteiger partial charge is 0.262 e. The summed E-state index contributed by atoms with van der Waals surface area (Å²) in [6, 6.07) is 11.0. The molecule has 6 heteroatoms. The van der Waals surface area contributed by atoms with Crippen LogP contribution in [0.2, 0.25) is 0 Å². The van der Waals surface area contributed by atoms with Gasteiger partial charge in [0, 0.05) is 11.8 Å². The quantitative estimate of drug-likeness (QED) is 0.862. The van der Waals surface area contributed by atoms with Crippen molar-refractivity contribution in [1.29, 1.82) is 0 Å². The number of hydrogen-bond donors (Lipinski definition) is 2. The molecule has 0 unspecified atom stereocenters. The molecule has 0 fully saturated rings. The summed E-state index contributed by atoms with van der Waals surface area (Å²) in [4.78, 5) is 23.7. The highest BCUT2D eigenvalue weighted by Gasteiger charge is 2.17. The minimum absolute atomic E-state index is 0.00419. The molecule has 1 aliphatic rings. The van der Waals surface area contributed by atoms with Gasteiger partial charge in [-0.3, -0.25) is 9.59 Å². The Balaban J connectivity index is 1.65. The predicted octanol–water partition coefficient (Wildman–Crippen LogP) is 3.47. The minimum atomic E-state index is -0.237. The summed E-state index contributed by atoms with van der Waals surface area (Å²) in [6.07, 6.45) is 0. The van der Waals surface area contributed by atoms with Crippen LogP contribution in [0.1, 0.15) is 30.9 Å². The second-order valence-electron chi connectivity index (χ2n) is 6.53. The van der Waals surface area contributed by atoms with Crippen LogP contribution in [-0.4, -0.2) is 25.0 Å². The highest BCUT2D eigenvalue weighted by molar-refractivity contribution is 5.96. The van der Waals surface area contributed by atoms with E-state index in [1.165, 1.54) is 0 Å². The number of rotatable bonds is 5. The molecule has 0 atom stereocenters. The SMILES string of the molecule is Cc1cccc(C(C)C)c1NC(=O)COc1ccc2c(c1)NC(=O)CO2. The van der Waals surface area contributed by atoms with E-state index in [0.29, 0.717) is 23.1 Å². The molecule has 0 radical (unpaired) electrons. The Morgan fingerprint density at radius 2 is 2.12 bits per heavy atom. The molecule has 0 saturated heterocycles. The number of nitrogens with one attached hydrogen (secondary N) is 2. The first-order valence-corrected chi connectivity index (χ1v) is 8.53. The van der Waals surface area contributed by atoms with E-state index >= 15 is 0 Å². The van der Waals surface area contributed by atoms with E-state index in [1.54, 1.807) is 18.2 Å². The number of para-hydroxylation sites is 1. The number of amides is 2. The van der Waals surface area contributed by atoms with Crippen LogP contribution < -0.4 is 20.1 Å². The first kappa shape index (κ1) is 17.8. The van der Waals surface area contributed by atoms with Crippen molar-refractivity contribution in [2.24, 2.45) is 0 Å². The number of carbonyl (C=O) groups excluding carboxylic acids is 2. The zero-order valence-electron chi connectivity index (χ0n) is 15.1. The lowest BCUT2D eigenvalue weighted by Crippen LogP contribution is -2.25. The van der Waals surface area contributed by atoms with Crippen molar-refractivity contribution >= 4 is 23.2 Å². The molecular formula is C20H22N2O4. The second-order valence-corrected chi connectivity index (χ2v) is 6.53. The fourth-order valence-corrected chi connectivity index (χ4v) is 2.82. The van der Waals surface area contributed by atoms with Gasteiger partial charge in [-0.1, -0.05) is 32.0 Å². The number of carbonyl (C=O) groups is 2. The molecule has 0 aliphatic carbocycles. The molecule has 26 heavy (non-hydrogen) atoms. The molecule has 6 nitrogen and oxygen atoms in total. The van der Waals surface area contributed by atoms with Gasteiger partial charge in [-0.2, -0.15) is 0 Å². The third kappa shape index (κ3) is 3.96. The largest absolute Gasteiger partial charge is 0.484 e. The van der Waals surface area contributed by atoms with Gasteiger partial charge in [0.1, 0.15) is 11.5 Å². The molecule has 2 N–H and O–H groups in total. The number of aryl methyl sites for hydroxylation is 1. The highest BCUT2D eigenvalue weighted by Crippen LogP contribution is 2.31. The highest BCUT2D eigenvalue weighted by atomic mass is 16.5. The van der Waals surface area contributed by atoms with Gasteiger partial charge < -0.3 is 20.1 Å². The fourth-order valence-electron chi connectivity index (χ4n) is 2.82. The van der Waals surface area contributed by atoms with E-state index in [4.69, 9.17) is 9.47 Å². The molecule has 0 bridgehead atoms. The van der Waals surface area contributed by atoms with E-state index < -0.39 is 0 Å². The van der Waals surface area contributed by atoms with Gasteiger partial charge in [-0.05, 0) is 36.1 Å². The Labute approximate surface area is 152 Å². The van der Waals surface area contributed by atoms with E-state index in [1.807, 2.05) is 25.1 Å². The van der Waals surface area contributed by atoms with Crippen LogP contribution in [0.15, 0.2) is 36.4 Å². The Morgan fingerprint density at radius 1 is 1.31 bits per heavy atom. The summed E-state index contributed by atoms with van der Waals surface area (Å²) in [6.45, 7) is 6.02. The number of hydrogen-bond acceptors (Lipinski definition) is 4. The summed E-state index contributed by atoms with van der Waals surface area (Å²) in [5.41, 5.74) is 3.48. The molecule has 0 aromatic heterocycles. The number of ether oxygens (including phenoxy) is 2. The average Bonchev–Trinajstić information content (AvgIpc) is 2.61. The van der Waals surface area contributed by atoms with Gasteiger partial charge in [-0.25, -0.2) is 0 Å². The van der Waals surface area contributed by atoms with E-state index in [2.05, 4.69) is 24.5 Å². The van der Waals surface area contributed by atoms with Crippen LogP contribution in [-0.2, 0) is 9.59 Å². The van der Waals surface area contributed by atoms with E-state index in [9.17, 15) is 9.59 Å². The molecule has 2 aromatic carbocycles. The summed E-state index contributed by atoms with van der Waals surface area (Å²) >= 11 is 0. The topological polar surface area (TPSA) is 76.7 Å². The van der Waals surface area contributed by atoms with Crippen molar-refractivity contribution in [3.8, 4) is 11.5 Å². The molecule has 3 rings (SSSR count). The molecular weight excluding hydrogens is 332 g/mol. The van der Waals surface area contributed by atoms with Crippen LogP contribution in [0.5, 0.6) is 11.5 Å². The molecule has 2 amide bonds. The predicted molar refractivity (Wildman–Crippen MR) is 100.0 cm³/mol. The van der Waals surface area contributed by atoms with Crippen molar-refractivity contribution < 1.29 is 19.1 Å². The Morgan fingerprint density at radius 3 is 2.88 bits per heavy atom. The van der Waals surface area contributed by atoms with Gasteiger partial charge in [0.05, 0.1) is 5.69 Å². The summed E-state index contributed by atoms with van der Waals surface area (Å²) in [5, 5.41) is 5.65. The van der Waals surface area contributed by atoms with E-state index in [0.717, 1.165) is 16.8 Å². The molecule has 1 aliphatic heterocycles. The fraction of sp³-hybridized carbons (Fsp3) is 0.300. The second kappa shape index (κ2) is 7.47. The number of benzene rings is 2. The number of fused-ring (bicyclic) bond motifs is 1. The molecule has 2 aromatic rings. The maximum atomic E-state index is 12.3. The lowest BCUT2D eigenvalue weighted by Gasteiger charge is -2.19. The van der Waals surface area contributed by atoms with Crippen molar-refractivity contribution in [1.82, 2.24) is 0 Å². The lowest BCUT2D eigenvalue weighted by atomic mass is 9.98. The third-order valence-electron chi connectivity index (χ3n) is 4.15. The zero-order chi connectivity index (χ0) is 18.7. The summed E-state index contributed by atoms with van der Waals surface area (Å²) < 4.78 is 10.9. The first-order chi connectivity index (χ1) is 12.4. The van der Waals surface area contributed by atoms with Crippen molar-refractivity contribution in [2.45, 2.75) is 26.7 Å². The van der Waals surface area contributed by atoms with Crippen molar-refractivity contribution in [3.63, 3.8) is 0 Å². The maximum absolute atomic E-state index is 12.3. The maximum Gasteiger partial charge on any atom is 0.262 e. The monoisotopic (exact) mass is 354 g/mol. The summed E-state index contributed by atoms with van der Waals surface area (Å²) in [5.74, 6) is 0.921. The van der Waals surface area contributed by atoms with Gasteiger partial charge in [-0.15, -0.1) is 0 Å². The number of anilines is 2. The standard InChI is InChI=1S/C20H22N2O4/c1-12(2)15-6-4-5-13(3)20(15)22-19(24)10-25-14-7-8-17-16(9-14)21-18(23)11-26-17/h4-9,12H,10-11H2,1-3H3,(H,21,23)(H,22,24). The summed E-state index contributed by atoms with van der Waals surface area (Å²) in [7, 11) is 0. The van der Waals surface area contributed by atoms with Gasteiger partial charge in [0.2, 0.25) is 0 Å². The molecule has 1 heterocycles. The van der Waals surface area contributed by atoms with Crippen LogP contribution in [0.3, 0.4) is 0 Å². The van der Waals surface area contributed by atoms with Crippen molar-refractivity contribution in [3.05, 3.63) is 47.5 Å². The van der Waals surface area contributed by atoms with Gasteiger partial charge in [0.25, 0.3) is 11.8 Å². The Hall–Kier alpha value is -3.02. The zero-order valence-corrected chi connectivity index (χ0v) is 15.1. The van der Waals surface area contributed by atoms with Crippen LogP contribution in [0.4, 0.5) is 11.4 Å². The Bertz CT molecular complexity index is 846. The lowest BCUT2D eigenvalue weighted by molar-refractivity contribution is -0.119. The molecule has 0 spiro atoms. The van der Waals surface area contributed by atoms with Gasteiger partial charge >= 0.3 is 0 Å². The molecule has 136 valence electrons. The normalized spacial score (nSPS) is 12.8. The molecule has 0 saturated carbocycles. The Kier molecular flexibility index (Phi) is 5.11. The average molecular weight is 354 g/mol.